The number of rotatable bonds is 3. The van der Waals surface area contributed by atoms with E-state index in [1.54, 1.807) is 6.07 Å². The molecule has 2 nitrogen and oxygen atoms in total. The van der Waals surface area contributed by atoms with Crippen LogP contribution in [0.1, 0.15) is 30.3 Å². The largest absolute Gasteiger partial charge is 0.343 e. The van der Waals surface area contributed by atoms with E-state index >= 15 is 0 Å². The van der Waals surface area contributed by atoms with Gasteiger partial charge in [0.2, 0.25) is 0 Å². The molecule has 0 atom stereocenters. The Labute approximate surface area is 117 Å². The SMILES string of the molecule is CCCc1nc(=S)c(C)c(-c2cc(C)ccc2F)[nH]1. The third-order valence-corrected chi connectivity index (χ3v) is 3.48. The zero-order chi connectivity index (χ0) is 14.0. The fourth-order valence-electron chi connectivity index (χ4n) is 2.03. The summed E-state index contributed by atoms with van der Waals surface area (Å²) >= 11 is 5.26. The second kappa shape index (κ2) is 5.61. The number of hydrogen-bond acceptors (Lipinski definition) is 2. The molecule has 2 rings (SSSR count). The van der Waals surface area contributed by atoms with Gasteiger partial charge in [-0.2, -0.15) is 0 Å². The van der Waals surface area contributed by atoms with Crippen LogP contribution in [-0.2, 0) is 6.42 Å². The standard InChI is InChI=1S/C15H17FN2S/c1-4-5-13-17-14(10(3)15(19)18-13)11-8-9(2)6-7-12(11)16/h6-8H,4-5H2,1-3H3,(H,17,18,19). The molecule has 0 saturated carbocycles. The Hall–Kier alpha value is -1.55. The number of nitrogens with one attached hydrogen (secondary N) is 1. The average molecular weight is 276 g/mol. The van der Waals surface area contributed by atoms with Gasteiger partial charge in [0, 0.05) is 17.5 Å². The lowest BCUT2D eigenvalue weighted by Crippen LogP contribution is -2.01. The van der Waals surface area contributed by atoms with Crippen molar-refractivity contribution < 1.29 is 4.39 Å². The molecule has 1 aromatic carbocycles. The van der Waals surface area contributed by atoms with Crippen molar-refractivity contribution in [3.63, 3.8) is 0 Å². The minimum atomic E-state index is -0.243. The summed E-state index contributed by atoms with van der Waals surface area (Å²) in [7, 11) is 0. The highest BCUT2D eigenvalue weighted by Gasteiger charge is 2.11. The fraction of sp³-hybridized carbons (Fsp3) is 0.333. The predicted octanol–water partition coefficient (Wildman–Crippen LogP) is 4.51. The average Bonchev–Trinajstić information content (AvgIpc) is 2.37. The lowest BCUT2D eigenvalue weighted by atomic mass is 10.0. The van der Waals surface area contributed by atoms with Crippen LogP contribution in [0.3, 0.4) is 0 Å². The summed E-state index contributed by atoms with van der Waals surface area (Å²) in [5, 5.41) is 0. The molecule has 19 heavy (non-hydrogen) atoms. The second-order valence-electron chi connectivity index (χ2n) is 4.72. The first-order valence-electron chi connectivity index (χ1n) is 6.39. The van der Waals surface area contributed by atoms with Gasteiger partial charge in [0.1, 0.15) is 16.3 Å². The summed E-state index contributed by atoms with van der Waals surface area (Å²) in [6.07, 6.45) is 1.78. The first-order chi connectivity index (χ1) is 9.02. The Kier molecular flexibility index (Phi) is 4.10. The van der Waals surface area contributed by atoms with Crippen LogP contribution in [0, 0.1) is 24.3 Å². The number of aromatic nitrogens is 2. The van der Waals surface area contributed by atoms with Crippen LogP contribution in [0.25, 0.3) is 11.3 Å². The van der Waals surface area contributed by atoms with E-state index in [1.165, 1.54) is 6.07 Å². The molecule has 0 bridgehead atoms. The van der Waals surface area contributed by atoms with E-state index in [-0.39, 0.29) is 5.82 Å². The maximum Gasteiger partial charge on any atom is 0.133 e. The smallest absolute Gasteiger partial charge is 0.133 e. The zero-order valence-corrected chi connectivity index (χ0v) is 12.2. The maximum absolute atomic E-state index is 14.0. The highest BCUT2D eigenvalue weighted by atomic mass is 32.1. The fourth-order valence-corrected chi connectivity index (χ4v) is 2.25. The van der Waals surface area contributed by atoms with E-state index in [2.05, 4.69) is 16.9 Å². The van der Waals surface area contributed by atoms with Crippen LogP contribution < -0.4 is 0 Å². The van der Waals surface area contributed by atoms with Crippen molar-refractivity contribution in [2.45, 2.75) is 33.6 Å². The molecule has 1 heterocycles. The van der Waals surface area contributed by atoms with Crippen LogP contribution in [0.5, 0.6) is 0 Å². The normalized spacial score (nSPS) is 10.7. The molecule has 1 N–H and O–H groups in total. The molecule has 1 aromatic heterocycles. The van der Waals surface area contributed by atoms with E-state index in [9.17, 15) is 4.39 Å². The van der Waals surface area contributed by atoms with Crippen LogP contribution >= 0.6 is 12.2 Å². The van der Waals surface area contributed by atoms with Gasteiger partial charge >= 0.3 is 0 Å². The van der Waals surface area contributed by atoms with Gasteiger partial charge in [-0.3, -0.25) is 0 Å². The van der Waals surface area contributed by atoms with Crippen molar-refractivity contribution in [2.75, 3.05) is 0 Å². The van der Waals surface area contributed by atoms with Gasteiger partial charge in [-0.1, -0.05) is 30.8 Å². The molecule has 0 fully saturated rings. The number of halogens is 1. The Morgan fingerprint density at radius 3 is 2.74 bits per heavy atom. The quantitative estimate of drug-likeness (QED) is 0.835. The predicted molar refractivity (Wildman–Crippen MR) is 78.3 cm³/mol. The lowest BCUT2D eigenvalue weighted by Gasteiger charge is -2.11. The summed E-state index contributed by atoms with van der Waals surface area (Å²) in [4.78, 5) is 7.56. The molecule has 0 aliphatic rings. The van der Waals surface area contributed by atoms with Crippen molar-refractivity contribution in [2.24, 2.45) is 0 Å². The van der Waals surface area contributed by atoms with Crippen molar-refractivity contribution in [1.29, 1.82) is 0 Å². The number of hydrogen-bond donors (Lipinski definition) is 1. The molecule has 4 heteroatoms. The molecule has 0 aliphatic carbocycles. The molecular weight excluding hydrogens is 259 g/mol. The Bertz CT molecular complexity index is 662. The van der Waals surface area contributed by atoms with E-state index in [1.807, 2.05) is 19.9 Å². The second-order valence-corrected chi connectivity index (χ2v) is 5.11. The van der Waals surface area contributed by atoms with E-state index in [4.69, 9.17) is 12.2 Å². The van der Waals surface area contributed by atoms with Crippen molar-refractivity contribution >= 4 is 12.2 Å². The van der Waals surface area contributed by atoms with Gasteiger partial charge in [0.05, 0.1) is 5.69 Å². The van der Waals surface area contributed by atoms with E-state index < -0.39 is 0 Å². The maximum atomic E-state index is 14.0. The molecule has 2 aromatic rings. The van der Waals surface area contributed by atoms with Gasteiger partial charge in [-0.05, 0) is 32.4 Å². The number of nitrogens with zero attached hydrogens (tertiary/aromatic N) is 1. The third kappa shape index (κ3) is 2.89. The molecule has 0 spiro atoms. The molecule has 0 saturated heterocycles. The number of benzene rings is 1. The van der Waals surface area contributed by atoms with Crippen LogP contribution in [0.2, 0.25) is 0 Å². The number of aromatic amines is 1. The third-order valence-electron chi connectivity index (χ3n) is 3.08. The summed E-state index contributed by atoms with van der Waals surface area (Å²) in [6, 6.07) is 5.08. The van der Waals surface area contributed by atoms with E-state index in [0.29, 0.717) is 10.2 Å². The van der Waals surface area contributed by atoms with Gasteiger partial charge in [-0.15, -0.1) is 0 Å². The minimum Gasteiger partial charge on any atom is -0.343 e. The summed E-state index contributed by atoms with van der Waals surface area (Å²) in [6.45, 7) is 5.89. The molecule has 0 unspecified atom stereocenters. The topological polar surface area (TPSA) is 28.7 Å². The van der Waals surface area contributed by atoms with Crippen molar-refractivity contribution in [3.05, 3.63) is 45.6 Å². The van der Waals surface area contributed by atoms with Crippen LogP contribution in [0.15, 0.2) is 18.2 Å². The van der Waals surface area contributed by atoms with Crippen LogP contribution in [-0.4, -0.2) is 9.97 Å². The van der Waals surface area contributed by atoms with Gasteiger partial charge in [-0.25, -0.2) is 9.37 Å². The molecular formula is C15H17FN2S. The molecule has 100 valence electrons. The number of H-pyrrole nitrogens is 1. The molecule has 0 amide bonds. The van der Waals surface area contributed by atoms with Gasteiger partial charge in [0.15, 0.2) is 0 Å². The Balaban J connectivity index is 2.67. The Morgan fingerprint density at radius 1 is 1.32 bits per heavy atom. The molecule has 0 aliphatic heterocycles. The highest BCUT2D eigenvalue weighted by Crippen LogP contribution is 2.25. The zero-order valence-electron chi connectivity index (χ0n) is 11.4. The van der Waals surface area contributed by atoms with Gasteiger partial charge < -0.3 is 4.98 Å². The summed E-state index contributed by atoms with van der Waals surface area (Å²) < 4.78 is 14.6. The first kappa shape index (κ1) is 13.9. The number of aryl methyl sites for hydroxylation is 2. The van der Waals surface area contributed by atoms with Crippen LogP contribution in [0.4, 0.5) is 4.39 Å². The molecule has 0 radical (unpaired) electrons. The summed E-state index contributed by atoms with van der Waals surface area (Å²) in [5.41, 5.74) is 3.14. The minimum absolute atomic E-state index is 0.243. The monoisotopic (exact) mass is 276 g/mol. The Morgan fingerprint density at radius 2 is 2.05 bits per heavy atom. The van der Waals surface area contributed by atoms with E-state index in [0.717, 1.165) is 35.5 Å². The van der Waals surface area contributed by atoms with Crippen molar-refractivity contribution in [3.8, 4) is 11.3 Å². The first-order valence-corrected chi connectivity index (χ1v) is 6.80. The van der Waals surface area contributed by atoms with Crippen molar-refractivity contribution in [1.82, 2.24) is 9.97 Å². The lowest BCUT2D eigenvalue weighted by molar-refractivity contribution is 0.629. The van der Waals surface area contributed by atoms with Gasteiger partial charge in [0.25, 0.3) is 0 Å². The summed E-state index contributed by atoms with van der Waals surface area (Å²) in [5.74, 6) is 0.571. The highest BCUT2D eigenvalue weighted by molar-refractivity contribution is 7.71.